The van der Waals surface area contributed by atoms with E-state index in [1.807, 2.05) is 30.4 Å². The Labute approximate surface area is 142 Å². The van der Waals surface area contributed by atoms with Crippen molar-refractivity contribution in [3.05, 3.63) is 57.1 Å². The number of aromatic nitrogens is 1. The molecule has 2 aromatic carbocycles. The van der Waals surface area contributed by atoms with E-state index in [2.05, 4.69) is 4.98 Å². The molecule has 0 unspecified atom stereocenters. The van der Waals surface area contributed by atoms with E-state index in [-0.39, 0.29) is 5.69 Å². The molecule has 1 aromatic heterocycles. The van der Waals surface area contributed by atoms with Crippen LogP contribution in [0.15, 0.2) is 36.4 Å². The maximum absolute atomic E-state index is 10.8. The Balaban J connectivity index is 1.89. The third-order valence-corrected chi connectivity index (χ3v) is 4.41. The molecule has 3 rings (SSSR count). The maximum Gasteiger partial charge on any atom is 0.270 e. The number of benzene rings is 2. The van der Waals surface area contributed by atoms with Gasteiger partial charge < -0.3 is 9.47 Å². The van der Waals surface area contributed by atoms with Crippen LogP contribution in [0.1, 0.15) is 10.6 Å². The topological polar surface area (TPSA) is 74.5 Å². The molecule has 0 aliphatic rings. The molecule has 0 radical (unpaired) electrons. The van der Waals surface area contributed by atoms with Gasteiger partial charge in [0, 0.05) is 12.1 Å². The Morgan fingerprint density at radius 2 is 1.88 bits per heavy atom. The first kappa shape index (κ1) is 15.9. The molecule has 3 aromatic rings. The lowest BCUT2D eigenvalue weighted by Crippen LogP contribution is -1.90. The first-order valence-electron chi connectivity index (χ1n) is 7.06. The number of hydrogen-bond donors (Lipinski definition) is 0. The van der Waals surface area contributed by atoms with Crippen LogP contribution in [-0.4, -0.2) is 24.1 Å². The fourth-order valence-electron chi connectivity index (χ4n) is 2.24. The molecule has 0 fully saturated rings. The van der Waals surface area contributed by atoms with E-state index in [1.54, 1.807) is 26.4 Å². The van der Waals surface area contributed by atoms with E-state index in [9.17, 15) is 10.1 Å². The molecule has 122 valence electrons. The van der Waals surface area contributed by atoms with Crippen molar-refractivity contribution in [1.29, 1.82) is 0 Å². The zero-order valence-electron chi connectivity index (χ0n) is 13.1. The second-order valence-electron chi connectivity index (χ2n) is 4.91. The molecule has 0 aliphatic carbocycles. The first-order chi connectivity index (χ1) is 11.6. The molecule has 0 saturated heterocycles. The highest BCUT2D eigenvalue weighted by molar-refractivity contribution is 7.19. The van der Waals surface area contributed by atoms with Crippen molar-refractivity contribution in [1.82, 2.24) is 4.98 Å². The fourth-order valence-corrected chi connectivity index (χ4v) is 3.14. The number of nitro benzene ring substituents is 1. The monoisotopic (exact) mass is 342 g/mol. The number of rotatable bonds is 5. The van der Waals surface area contributed by atoms with Crippen molar-refractivity contribution < 1.29 is 14.4 Å². The minimum absolute atomic E-state index is 0.0709. The largest absolute Gasteiger partial charge is 0.493 e. The molecule has 6 nitrogen and oxygen atoms in total. The van der Waals surface area contributed by atoms with E-state index in [0.29, 0.717) is 11.5 Å². The van der Waals surface area contributed by atoms with Gasteiger partial charge in [-0.1, -0.05) is 12.1 Å². The summed E-state index contributed by atoms with van der Waals surface area (Å²) in [6, 6.07) is 10.3. The molecule has 0 amide bonds. The third kappa shape index (κ3) is 3.21. The number of nitrogens with zero attached hydrogens (tertiary/aromatic N) is 2. The SMILES string of the molecule is COc1ccc(/C=C/c2nc3ccc([N+](=O)[O-])cc3s2)cc1OC. The molecular weight excluding hydrogens is 328 g/mol. The van der Waals surface area contributed by atoms with Gasteiger partial charge in [0.1, 0.15) is 5.01 Å². The third-order valence-electron chi connectivity index (χ3n) is 3.43. The Kier molecular flexibility index (Phi) is 4.43. The summed E-state index contributed by atoms with van der Waals surface area (Å²) in [5.74, 6) is 1.32. The van der Waals surface area contributed by atoms with E-state index >= 15 is 0 Å². The fraction of sp³-hybridized carbons (Fsp3) is 0.118. The summed E-state index contributed by atoms with van der Waals surface area (Å²) >= 11 is 1.41. The Morgan fingerprint density at radius 3 is 2.58 bits per heavy atom. The van der Waals surface area contributed by atoms with Crippen LogP contribution in [-0.2, 0) is 0 Å². The number of nitro groups is 1. The molecule has 7 heteroatoms. The van der Waals surface area contributed by atoms with E-state index in [0.717, 1.165) is 20.8 Å². The lowest BCUT2D eigenvalue weighted by Gasteiger charge is -2.07. The van der Waals surface area contributed by atoms with Crippen molar-refractivity contribution in [3.63, 3.8) is 0 Å². The molecule has 0 bridgehead atoms. The normalized spacial score (nSPS) is 11.1. The molecule has 0 aliphatic heterocycles. The van der Waals surface area contributed by atoms with Gasteiger partial charge in [-0.2, -0.15) is 0 Å². The number of non-ortho nitro benzene ring substituents is 1. The van der Waals surface area contributed by atoms with Gasteiger partial charge in [0.05, 0.1) is 29.4 Å². The highest BCUT2D eigenvalue weighted by atomic mass is 32.1. The minimum Gasteiger partial charge on any atom is -0.493 e. The second kappa shape index (κ2) is 6.67. The zero-order chi connectivity index (χ0) is 17.1. The first-order valence-corrected chi connectivity index (χ1v) is 7.87. The van der Waals surface area contributed by atoms with Crippen molar-refractivity contribution in [3.8, 4) is 11.5 Å². The van der Waals surface area contributed by atoms with Gasteiger partial charge in [-0.05, 0) is 29.8 Å². The van der Waals surface area contributed by atoms with E-state index < -0.39 is 4.92 Å². The quantitative estimate of drug-likeness (QED) is 0.508. The Hall–Kier alpha value is -2.93. The number of hydrogen-bond acceptors (Lipinski definition) is 6. The van der Waals surface area contributed by atoms with Gasteiger partial charge in [0.25, 0.3) is 5.69 Å². The average Bonchev–Trinajstić information content (AvgIpc) is 3.01. The van der Waals surface area contributed by atoms with E-state index in [1.165, 1.54) is 17.4 Å². The van der Waals surface area contributed by atoms with Gasteiger partial charge in [-0.25, -0.2) is 4.98 Å². The van der Waals surface area contributed by atoms with Crippen LogP contribution < -0.4 is 9.47 Å². The van der Waals surface area contributed by atoms with E-state index in [4.69, 9.17) is 9.47 Å². The molecule has 0 atom stereocenters. The summed E-state index contributed by atoms with van der Waals surface area (Å²) in [7, 11) is 3.18. The molecule has 1 heterocycles. The van der Waals surface area contributed by atoms with Crippen molar-refractivity contribution in [2.24, 2.45) is 0 Å². The summed E-state index contributed by atoms with van der Waals surface area (Å²) in [5, 5.41) is 11.6. The zero-order valence-corrected chi connectivity index (χ0v) is 13.9. The van der Waals surface area contributed by atoms with Crippen LogP contribution in [0.25, 0.3) is 22.4 Å². The van der Waals surface area contributed by atoms with Gasteiger partial charge in [-0.3, -0.25) is 10.1 Å². The number of fused-ring (bicyclic) bond motifs is 1. The highest BCUT2D eigenvalue weighted by Crippen LogP contribution is 2.30. The van der Waals surface area contributed by atoms with Crippen LogP contribution in [0.3, 0.4) is 0 Å². The summed E-state index contributed by atoms with van der Waals surface area (Å²) in [5.41, 5.74) is 1.76. The lowest BCUT2D eigenvalue weighted by atomic mass is 10.2. The van der Waals surface area contributed by atoms with Gasteiger partial charge >= 0.3 is 0 Å². The van der Waals surface area contributed by atoms with Crippen LogP contribution in [0, 0.1) is 10.1 Å². The van der Waals surface area contributed by atoms with Crippen molar-refractivity contribution in [2.75, 3.05) is 14.2 Å². The van der Waals surface area contributed by atoms with Crippen LogP contribution in [0.2, 0.25) is 0 Å². The van der Waals surface area contributed by atoms with Gasteiger partial charge in [-0.15, -0.1) is 11.3 Å². The summed E-state index contributed by atoms with van der Waals surface area (Å²) in [6.07, 6.45) is 3.78. The molecule has 0 N–H and O–H groups in total. The molecule has 0 spiro atoms. The minimum atomic E-state index is -0.404. The highest BCUT2D eigenvalue weighted by Gasteiger charge is 2.09. The smallest absolute Gasteiger partial charge is 0.270 e. The van der Waals surface area contributed by atoms with Crippen molar-refractivity contribution in [2.45, 2.75) is 0 Å². The molecule has 24 heavy (non-hydrogen) atoms. The summed E-state index contributed by atoms with van der Waals surface area (Å²) in [4.78, 5) is 14.9. The number of ether oxygens (including phenoxy) is 2. The van der Waals surface area contributed by atoms with Crippen LogP contribution in [0.5, 0.6) is 11.5 Å². The molecule has 0 saturated carbocycles. The maximum atomic E-state index is 10.8. The van der Waals surface area contributed by atoms with Gasteiger partial charge in [0.2, 0.25) is 0 Å². The number of thiazole rings is 1. The predicted molar refractivity (Wildman–Crippen MR) is 94.7 cm³/mol. The predicted octanol–water partition coefficient (Wildman–Crippen LogP) is 4.39. The second-order valence-corrected chi connectivity index (χ2v) is 5.97. The summed E-state index contributed by atoms with van der Waals surface area (Å²) < 4.78 is 11.3. The van der Waals surface area contributed by atoms with Crippen molar-refractivity contribution >= 4 is 39.4 Å². The number of methoxy groups -OCH3 is 2. The lowest BCUT2D eigenvalue weighted by molar-refractivity contribution is -0.384. The Morgan fingerprint density at radius 1 is 1.08 bits per heavy atom. The Bertz CT molecular complexity index is 933. The van der Waals surface area contributed by atoms with Gasteiger partial charge in [0.15, 0.2) is 11.5 Å². The molecular formula is C17H14N2O4S. The van der Waals surface area contributed by atoms with Crippen LogP contribution in [0.4, 0.5) is 5.69 Å². The van der Waals surface area contributed by atoms with Crippen LogP contribution >= 0.6 is 11.3 Å². The average molecular weight is 342 g/mol. The summed E-state index contributed by atoms with van der Waals surface area (Å²) in [6.45, 7) is 0. The standard InChI is InChI=1S/C17H14N2O4S/c1-22-14-7-3-11(9-15(14)23-2)4-8-17-18-13-6-5-12(19(20)21)10-16(13)24-17/h3-10H,1-2H3/b8-4+.